The molecule has 0 aromatic heterocycles. The van der Waals surface area contributed by atoms with Crippen molar-refractivity contribution >= 4 is 11.4 Å². The van der Waals surface area contributed by atoms with Gasteiger partial charge in [-0.1, -0.05) is 6.07 Å². The Bertz CT molecular complexity index is 644. The fourth-order valence-corrected chi connectivity index (χ4v) is 1.94. The van der Waals surface area contributed by atoms with E-state index in [-0.39, 0.29) is 18.0 Å². The molecule has 0 saturated heterocycles. The Hall–Kier alpha value is -2.47. The predicted molar refractivity (Wildman–Crippen MR) is 77.7 cm³/mol. The van der Waals surface area contributed by atoms with Crippen LogP contribution in [0.15, 0.2) is 42.5 Å². The van der Waals surface area contributed by atoms with E-state index in [4.69, 9.17) is 0 Å². The second kappa shape index (κ2) is 6.32. The van der Waals surface area contributed by atoms with Crippen LogP contribution in [0.5, 0.6) is 0 Å². The van der Waals surface area contributed by atoms with E-state index >= 15 is 0 Å². The minimum Gasteiger partial charge on any atom is -0.387 e. The largest absolute Gasteiger partial charge is 0.387 e. The van der Waals surface area contributed by atoms with Crippen LogP contribution in [0.4, 0.5) is 15.8 Å². The molecule has 0 spiro atoms. The Morgan fingerprint density at radius 2 is 1.95 bits per heavy atom. The van der Waals surface area contributed by atoms with Crippen molar-refractivity contribution in [3.63, 3.8) is 0 Å². The van der Waals surface area contributed by atoms with Crippen LogP contribution in [-0.2, 0) is 0 Å². The summed E-state index contributed by atoms with van der Waals surface area (Å²) in [5.41, 5.74) is 1.62. The van der Waals surface area contributed by atoms with Crippen molar-refractivity contribution in [1.29, 1.82) is 0 Å². The molecule has 0 fully saturated rings. The zero-order valence-corrected chi connectivity index (χ0v) is 11.4. The number of benzene rings is 2. The van der Waals surface area contributed by atoms with Gasteiger partial charge in [-0.2, -0.15) is 0 Å². The lowest BCUT2D eigenvalue weighted by atomic mass is 10.1. The van der Waals surface area contributed by atoms with Crippen LogP contribution in [0.1, 0.15) is 17.2 Å². The van der Waals surface area contributed by atoms with Crippen LogP contribution < -0.4 is 5.32 Å². The van der Waals surface area contributed by atoms with Crippen molar-refractivity contribution < 1.29 is 14.4 Å². The molecule has 0 amide bonds. The van der Waals surface area contributed by atoms with E-state index in [1.54, 1.807) is 19.1 Å². The molecule has 2 rings (SSSR count). The Kier molecular flexibility index (Phi) is 4.49. The van der Waals surface area contributed by atoms with E-state index in [0.717, 1.165) is 0 Å². The van der Waals surface area contributed by atoms with Gasteiger partial charge in [0.25, 0.3) is 5.69 Å². The number of rotatable bonds is 5. The van der Waals surface area contributed by atoms with Gasteiger partial charge in [0.15, 0.2) is 0 Å². The van der Waals surface area contributed by atoms with Crippen LogP contribution in [0.25, 0.3) is 0 Å². The molecule has 0 bridgehead atoms. The van der Waals surface area contributed by atoms with E-state index in [2.05, 4.69) is 5.32 Å². The van der Waals surface area contributed by atoms with Crippen LogP contribution in [0.2, 0.25) is 0 Å². The Morgan fingerprint density at radius 3 is 2.57 bits per heavy atom. The molecule has 2 aromatic rings. The van der Waals surface area contributed by atoms with Gasteiger partial charge >= 0.3 is 0 Å². The second-order valence-electron chi connectivity index (χ2n) is 4.66. The monoisotopic (exact) mass is 290 g/mol. The first kappa shape index (κ1) is 14.9. The maximum atomic E-state index is 13.4. The van der Waals surface area contributed by atoms with E-state index in [1.165, 1.54) is 30.3 Å². The number of nitro benzene ring substituents is 1. The van der Waals surface area contributed by atoms with E-state index < -0.39 is 11.0 Å². The van der Waals surface area contributed by atoms with Gasteiger partial charge in [0.1, 0.15) is 5.82 Å². The quantitative estimate of drug-likeness (QED) is 0.655. The molecule has 110 valence electrons. The summed E-state index contributed by atoms with van der Waals surface area (Å²) in [7, 11) is 0. The summed E-state index contributed by atoms with van der Waals surface area (Å²) in [6.07, 6.45) is -0.839. The highest BCUT2D eigenvalue weighted by Gasteiger charge is 2.11. The number of halogens is 1. The SMILES string of the molecule is Cc1c(F)cccc1NCC(O)c1ccc([N+](=O)[O-])cc1. The molecule has 0 saturated carbocycles. The maximum Gasteiger partial charge on any atom is 0.269 e. The standard InChI is InChI=1S/C15H15FN2O3/c1-10-13(16)3-2-4-14(10)17-9-15(19)11-5-7-12(8-6-11)18(20)21/h2-8,15,17,19H,9H2,1H3. The average molecular weight is 290 g/mol. The second-order valence-corrected chi connectivity index (χ2v) is 4.66. The van der Waals surface area contributed by atoms with Crippen molar-refractivity contribution in [2.45, 2.75) is 13.0 Å². The molecule has 1 unspecified atom stereocenters. The topological polar surface area (TPSA) is 75.4 Å². The van der Waals surface area contributed by atoms with Gasteiger partial charge in [0.05, 0.1) is 11.0 Å². The number of nitrogens with one attached hydrogen (secondary N) is 1. The number of nitro groups is 1. The first-order valence-corrected chi connectivity index (χ1v) is 6.40. The fourth-order valence-electron chi connectivity index (χ4n) is 1.94. The molecule has 5 nitrogen and oxygen atoms in total. The maximum absolute atomic E-state index is 13.4. The van der Waals surface area contributed by atoms with Gasteiger partial charge in [0.2, 0.25) is 0 Å². The number of hydrogen-bond donors (Lipinski definition) is 2. The van der Waals surface area contributed by atoms with Crippen molar-refractivity contribution in [3.05, 3.63) is 69.5 Å². The molecule has 21 heavy (non-hydrogen) atoms. The normalized spacial score (nSPS) is 12.0. The van der Waals surface area contributed by atoms with Crippen LogP contribution in [-0.4, -0.2) is 16.6 Å². The van der Waals surface area contributed by atoms with E-state index in [1.807, 2.05) is 0 Å². The highest BCUT2D eigenvalue weighted by Crippen LogP contribution is 2.21. The Labute approximate surface area is 121 Å². The lowest BCUT2D eigenvalue weighted by Gasteiger charge is -2.14. The third-order valence-electron chi connectivity index (χ3n) is 3.24. The van der Waals surface area contributed by atoms with E-state index in [0.29, 0.717) is 16.8 Å². The summed E-state index contributed by atoms with van der Waals surface area (Å²) in [5.74, 6) is -0.315. The van der Waals surface area contributed by atoms with Gasteiger partial charge in [-0.15, -0.1) is 0 Å². The molecular formula is C15H15FN2O3. The van der Waals surface area contributed by atoms with Gasteiger partial charge in [0, 0.05) is 29.9 Å². The van der Waals surface area contributed by atoms with Crippen molar-refractivity contribution in [3.8, 4) is 0 Å². The summed E-state index contributed by atoms with van der Waals surface area (Å²) in [4.78, 5) is 10.1. The molecule has 0 aliphatic carbocycles. The lowest BCUT2D eigenvalue weighted by Crippen LogP contribution is -2.13. The smallest absolute Gasteiger partial charge is 0.269 e. The number of non-ortho nitro benzene ring substituents is 1. The third-order valence-corrected chi connectivity index (χ3v) is 3.24. The summed E-state index contributed by atoms with van der Waals surface area (Å²) < 4.78 is 13.4. The van der Waals surface area contributed by atoms with E-state index in [9.17, 15) is 19.6 Å². The molecule has 2 aromatic carbocycles. The first-order chi connectivity index (χ1) is 9.99. The van der Waals surface area contributed by atoms with Gasteiger partial charge in [-0.25, -0.2) is 4.39 Å². The average Bonchev–Trinajstić information content (AvgIpc) is 2.48. The Balaban J connectivity index is 2.03. The minimum atomic E-state index is -0.839. The van der Waals surface area contributed by atoms with Crippen molar-refractivity contribution in [2.24, 2.45) is 0 Å². The van der Waals surface area contributed by atoms with Crippen LogP contribution in [0.3, 0.4) is 0 Å². The van der Waals surface area contributed by atoms with Crippen LogP contribution in [0, 0.1) is 22.9 Å². The molecular weight excluding hydrogens is 275 g/mol. The summed E-state index contributed by atoms with van der Waals surface area (Å²) in [5, 5.41) is 23.6. The predicted octanol–water partition coefficient (Wildman–Crippen LogP) is 3.19. The zero-order valence-electron chi connectivity index (χ0n) is 11.4. The fraction of sp³-hybridized carbons (Fsp3) is 0.200. The molecule has 0 heterocycles. The molecule has 0 aliphatic heterocycles. The lowest BCUT2D eigenvalue weighted by molar-refractivity contribution is -0.384. The van der Waals surface area contributed by atoms with Crippen molar-refractivity contribution in [1.82, 2.24) is 0 Å². The number of anilines is 1. The van der Waals surface area contributed by atoms with Gasteiger partial charge in [-0.3, -0.25) is 10.1 Å². The number of nitrogens with zero attached hydrogens (tertiary/aromatic N) is 1. The molecule has 0 aliphatic rings. The zero-order chi connectivity index (χ0) is 15.4. The number of hydrogen-bond acceptors (Lipinski definition) is 4. The highest BCUT2D eigenvalue weighted by molar-refractivity contribution is 5.51. The highest BCUT2D eigenvalue weighted by atomic mass is 19.1. The Morgan fingerprint density at radius 1 is 1.29 bits per heavy atom. The van der Waals surface area contributed by atoms with Crippen molar-refractivity contribution in [2.75, 3.05) is 11.9 Å². The third kappa shape index (κ3) is 3.55. The molecule has 2 N–H and O–H groups in total. The molecule has 1 atom stereocenters. The first-order valence-electron chi connectivity index (χ1n) is 6.40. The summed E-state index contributed by atoms with van der Waals surface area (Å²) in [6, 6.07) is 10.4. The van der Waals surface area contributed by atoms with Gasteiger partial charge < -0.3 is 10.4 Å². The molecule has 6 heteroatoms. The number of aliphatic hydroxyl groups is 1. The van der Waals surface area contributed by atoms with Crippen LogP contribution >= 0.6 is 0 Å². The minimum absolute atomic E-state index is 0.0279. The summed E-state index contributed by atoms with van der Waals surface area (Å²) >= 11 is 0. The summed E-state index contributed by atoms with van der Waals surface area (Å²) in [6.45, 7) is 1.83. The molecule has 0 radical (unpaired) electrons. The number of aliphatic hydroxyl groups excluding tert-OH is 1. The van der Waals surface area contributed by atoms with Gasteiger partial charge in [-0.05, 0) is 36.8 Å².